The van der Waals surface area contributed by atoms with Gasteiger partial charge in [0, 0.05) is 0 Å². The summed E-state index contributed by atoms with van der Waals surface area (Å²) in [5.74, 6) is 0.373. The summed E-state index contributed by atoms with van der Waals surface area (Å²) in [6, 6.07) is 0. The van der Waals surface area contributed by atoms with Crippen LogP contribution in [0.15, 0.2) is 0 Å². The Morgan fingerprint density at radius 3 is 0.495 bits per heavy atom. The topological polar surface area (TPSA) is 105 Å². The zero-order valence-electron chi connectivity index (χ0n) is 75.5. The van der Waals surface area contributed by atoms with Crippen molar-refractivity contribution >= 4 is 43.9 Å². The van der Waals surface area contributed by atoms with Gasteiger partial charge in [-0.2, -0.15) is 0 Å². The first-order valence-electron chi connectivity index (χ1n) is 47.5. The van der Waals surface area contributed by atoms with Crippen molar-refractivity contribution in [1.29, 1.82) is 0 Å². The average Bonchev–Trinajstić information content (AvgIpc) is 0.749. The first-order chi connectivity index (χ1) is 50.5. The first kappa shape index (κ1) is 104. The van der Waals surface area contributed by atoms with Gasteiger partial charge in [-0.1, -0.05) is 0 Å². The maximum absolute atomic E-state index is 18.0. The van der Waals surface area contributed by atoms with Gasteiger partial charge in [0.25, 0.3) is 0 Å². The van der Waals surface area contributed by atoms with Gasteiger partial charge in [-0.15, -0.1) is 0 Å². The Bertz CT molecular complexity index is 1840. The third kappa shape index (κ3) is 34.1. The van der Waals surface area contributed by atoms with Crippen LogP contribution in [-0.4, -0.2) is 43.9 Å². The molecule has 16 atom stereocenters. The molecule has 105 heavy (non-hydrogen) atoms. The Morgan fingerprint density at radius 2 is 0.371 bits per heavy atom. The van der Waals surface area contributed by atoms with Gasteiger partial charge in [0.05, 0.1) is 0 Å². The molecule has 0 N–H and O–H groups in total. The molecule has 0 spiro atoms. The molecule has 0 bridgehead atoms. The summed E-state index contributed by atoms with van der Waals surface area (Å²) < 4.78 is 32.1. The molecule has 0 aromatic rings. The summed E-state index contributed by atoms with van der Waals surface area (Å²) in [6.07, 6.45) is 48.4. The Hall–Kier alpha value is -1.32. The number of hydrogen-bond acceptors (Lipinski definition) is 8. The van der Waals surface area contributed by atoms with E-state index in [9.17, 15) is 0 Å². The zero-order chi connectivity index (χ0) is 79.3. The van der Waals surface area contributed by atoms with E-state index in [1.165, 1.54) is 0 Å². The Morgan fingerprint density at radius 1 is 0.219 bits per heavy atom. The third-order valence-electron chi connectivity index (χ3n) is 28.1. The Labute approximate surface area is 663 Å². The SMILES string of the molecule is CCCCC(CC)CC(CCC)C(CC)(CC(CC)CCCC)C(=O)[O][Sn]([O]C(=O)C(CC)(CC(CC)CCCC)C(CCC)CC(CC)CCCC)([O]C(=O)C(CC)(CC(CC)CCCC)C(CCC)CC(CC)CCCC)[O]C(=O)C(CC)(CC(CC)CCCC)C(CCC)CC(CC)CCCC. The summed E-state index contributed by atoms with van der Waals surface area (Å²) in [7, 11) is 0. The van der Waals surface area contributed by atoms with Gasteiger partial charge in [0.1, 0.15) is 0 Å². The van der Waals surface area contributed by atoms with E-state index in [2.05, 4.69) is 166 Å². The van der Waals surface area contributed by atoms with Crippen LogP contribution < -0.4 is 0 Å². The molecule has 0 aromatic carbocycles. The van der Waals surface area contributed by atoms with Gasteiger partial charge < -0.3 is 0 Å². The molecule has 16 unspecified atom stereocenters. The standard InChI is InChI=1S/4C24H48O2.Sn/c4*1-7-13-16-20(10-4)18-22(15-9-3)24(12-6,23(25)26)19-21(11-5)17-14-8-2;/h4*20-22H,7-19H2,1-6H3,(H,25,26);/q;;;;+4/p-4. The summed E-state index contributed by atoms with van der Waals surface area (Å²) in [4.78, 5) is 71.9. The fraction of sp³-hybridized carbons (Fsp3) is 0.958. The van der Waals surface area contributed by atoms with E-state index in [1.807, 2.05) is 0 Å². The van der Waals surface area contributed by atoms with E-state index < -0.39 is 65.6 Å². The van der Waals surface area contributed by atoms with Crippen molar-refractivity contribution in [2.24, 2.45) is 92.7 Å². The number of carbonyl (C=O) groups excluding carboxylic acids is 4. The summed E-state index contributed by atoms with van der Waals surface area (Å²) >= 11 is -7.21. The fourth-order valence-electron chi connectivity index (χ4n) is 20.2. The normalized spacial score (nSPS) is 18.4. The molecule has 8 nitrogen and oxygen atoms in total. The fourth-order valence-corrected chi connectivity index (χ4v) is 25.8. The molecule has 0 saturated heterocycles. The van der Waals surface area contributed by atoms with Crippen LogP contribution in [0.2, 0.25) is 0 Å². The van der Waals surface area contributed by atoms with E-state index in [0.29, 0.717) is 75.0 Å². The number of rotatable bonds is 72. The summed E-state index contributed by atoms with van der Waals surface area (Å²) in [6.45, 7) is 54.8. The second-order valence-electron chi connectivity index (χ2n) is 35.1. The molecule has 0 rings (SSSR count). The van der Waals surface area contributed by atoms with E-state index in [1.54, 1.807) is 0 Å². The zero-order valence-corrected chi connectivity index (χ0v) is 78.3. The molecule has 624 valence electrons. The van der Waals surface area contributed by atoms with Crippen molar-refractivity contribution in [3.8, 4) is 0 Å². The minimum atomic E-state index is -7.21. The van der Waals surface area contributed by atoms with Crippen LogP contribution in [0.25, 0.3) is 0 Å². The van der Waals surface area contributed by atoms with Gasteiger partial charge in [-0.25, -0.2) is 0 Å². The molecule has 0 aliphatic heterocycles. The van der Waals surface area contributed by atoms with Crippen LogP contribution in [0.3, 0.4) is 0 Å². The van der Waals surface area contributed by atoms with Crippen molar-refractivity contribution in [2.75, 3.05) is 0 Å². The Kier molecular flexibility index (Phi) is 59.5. The van der Waals surface area contributed by atoms with E-state index in [4.69, 9.17) is 12.3 Å². The number of carbonyl (C=O) groups is 4. The quantitative estimate of drug-likeness (QED) is 0.0555. The van der Waals surface area contributed by atoms with Crippen molar-refractivity contribution < 1.29 is 31.5 Å². The van der Waals surface area contributed by atoms with Gasteiger partial charge in [0.15, 0.2) is 0 Å². The molecule has 0 radical (unpaired) electrons. The van der Waals surface area contributed by atoms with E-state index in [-0.39, 0.29) is 47.3 Å². The molecule has 0 amide bonds. The van der Waals surface area contributed by atoms with Crippen LogP contribution in [0.5, 0.6) is 0 Å². The van der Waals surface area contributed by atoms with Crippen LogP contribution in [0.4, 0.5) is 0 Å². The molecular formula is C96H188O8Sn. The van der Waals surface area contributed by atoms with Crippen LogP contribution in [0, 0.1) is 92.7 Å². The first-order valence-corrected chi connectivity index (χ1v) is 52.1. The molecular weight excluding hydrogens is 1400 g/mol. The van der Waals surface area contributed by atoms with Gasteiger partial charge in [0.2, 0.25) is 0 Å². The predicted molar refractivity (Wildman–Crippen MR) is 458 cm³/mol. The van der Waals surface area contributed by atoms with Crippen LogP contribution in [0.1, 0.15) is 500 Å². The maximum atomic E-state index is 18.0. The van der Waals surface area contributed by atoms with E-state index >= 15 is 19.2 Å². The van der Waals surface area contributed by atoms with Gasteiger partial charge in [-0.05, 0) is 0 Å². The molecule has 0 fully saturated rings. The second kappa shape index (κ2) is 60.3. The summed E-state index contributed by atoms with van der Waals surface area (Å²) in [5, 5.41) is 0. The third-order valence-corrected chi connectivity index (χ3v) is 33.1. The monoisotopic (exact) mass is 1590 g/mol. The molecule has 0 heterocycles. The number of unbranched alkanes of at least 4 members (excludes halogenated alkanes) is 8. The summed E-state index contributed by atoms with van der Waals surface area (Å²) in [5.41, 5.74) is -4.25. The molecule has 0 aliphatic rings. The van der Waals surface area contributed by atoms with Crippen LogP contribution >= 0.6 is 0 Å². The number of hydrogen-bond donors (Lipinski definition) is 0. The molecule has 0 aromatic heterocycles. The average molecular weight is 1590 g/mol. The van der Waals surface area contributed by atoms with Crippen molar-refractivity contribution in [1.82, 2.24) is 0 Å². The van der Waals surface area contributed by atoms with Gasteiger partial charge >= 0.3 is 668 Å². The van der Waals surface area contributed by atoms with Crippen molar-refractivity contribution in [2.45, 2.75) is 500 Å². The minimum absolute atomic E-state index is 0.0755. The van der Waals surface area contributed by atoms with Gasteiger partial charge in [-0.3, -0.25) is 0 Å². The van der Waals surface area contributed by atoms with Crippen molar-refractivity contribution in [3.05, 3.63) is 0 Å². The van der Waals surface area contributed by atoms with E-state index in [0.717, 1.165) is 283 Å². The predicted octanol–water partition coefficient (Wildman–Crippen LogP) is 31.7. The Balaban J connectivity index is 11.3. The molecule has 0 aliphatic carbocycles. The molecule has 9 heteroatoms. The van der Waals surface area contributed by atoms with Crippen LogP contribution in [-0.2, 0) is 31.5 Å². The second-order valence-corrected chi connectivity index (χ2v) is 40.3. The molecule has 0 saturated carbocycles. The van der Waals surface area contributed by atoms with Crippen molar-refractivity contribution in [3.63, 3.8) is 0 Å².